The van der Waals surface area contributed by atoms with Crippen LogP contribution in [-0.2, 0) is 9.59 Å². The van der Waals surface area contributed by atoms with Crippen molar-refractivity contribution in [2.24, 2.45) is 5.92 Å². The third-order valence-corrected chi connectivity index (χ3v) is 8.40. The maximum atomic E-state index is 14.0. The first-order valence-corrected chi connectivity index (χ1v) is 14.6. The highest BCUT2D eigenvalue weighted by atomic mass is 16.5. The average molecular weight is 495 g/mol. The molecule has 2 fully saturated rings. The minimum absolute atomic E-state index is 0.0888. The van der Waals surface area contributed by atoms with Crippen LogP contribution in [0.15, 0.2) is 35.9 Å². The van der Waals surface area contributed by atoms with Gasteiger partial charge in [0.2, 0.25) is 5.91 Å². The molecule has 5 nitrogen and oxygen atoms in total. The Labute approximate surface area is 218 Å². The van der Waals surface area contributed by atoms with E-state index in [2.05, 4.69) is 19.9 Å². The summed E-state index contributed by atoms with van der Waals surface area (Å²) in [4.78, 5) is 31.2. The van der Waals surface area contributed by atoms with Crippen LogP contribution in [0.25, 0.3) is 0 Å². The molecule has 2 aliphatic carbocycles. The summed E-state index contributed by atoms with van der Waals surface area (Å²) in [6.07, 6.45) is 16.9. The molecule has 5 heteroatoms. The SMILES string of the molecule is CCCCCCOc1ccc([C@@H]2C(=O)N(C3CCC(C)CC3)CC(=O)N2CCC2=CCCCC2)cc1. The highest BCUT2D eigenvalue weighted by molar-refractivity contribution is 5.95. The second-order valence-corrected chi connectivity index (χ2v) is 11.2. The molecule has 198 valence electrons. The Bertz CT molecular complexity index is 886. The number of nitrogens with zero attached hydrogens (tertiary/aromatic N) is 2. The van der Waals surface area contributed by atoms with Crippen molar-refractivity contribution in [3.63, 3.8) is 0 Å². The number of ether oxygens (including phenoxy) is 1. The number of carbonyl (C=O) groups excluding carboxylic acids is 2. The van der Waals surface area contributed by atoms with Crippen LogP contribution in [0.4, 0.5) is 0 Å². The molecule has 0 spiro atoms. The van der Waals surface area contributed by atoms with Gasteiger partial charge >= 0.3 is 0 Å². The lowest BCUT2D eigenvalue weighted by Crippen LogP contribution is -2.58. The van der Waals surface area contributed by atoms with E-state index < -0.39 is 6.04 Å². The molecule has 1 heterocycles. The fourth-order valence-electron chi connectivity index (χ4n) is 6.05. The summed E-state index contributed by atoms with van der Waals surface area (Å²) in [5, 5.41) is 0. The number of hydrogen-bond acceptors (Lipinski definition) is 3. The van der Waals surface area contributed by atoms with Crippen LogP contribution in [-0.4, -0.2) is 47.4 Å². The van der Waals surface area contributed by atoms with Crippen molar-refractivity contribution in [1.29, 1.82) is 0 Å². The van der Waals surface area contributed by atoms with Gasteiger partial charge in [0.05, 0.1) is 6.61 Å². The van der Waals surface area contributed by atoms with Gasteiger partial charge in [0.25, 0.3) is 5.91 Å². The van der Waals surface area contributed by atoms with Gasteiger partial charge in [-0.25, -0.2) is 0 Å². The van der Waals surface area contributed by atoms with Gasteiger partial charge in [-0.3, -0.25) is 9.59 Å². The van der Waals surface area contributed by atoms with E-state index in [0.717, 1.165) is 69.3 Å². The summed E-state index contributed by atoms with van der Waals surface area (Å²) >= 11 is 0. The fraction of sp³-hybridized carbons (Fsp3) is 0.677. The molecule has 0 bridgehead atoms. The molecule has 0 aromatic heterocycles. The van der Waals surface area contributed by atoms with Crippen molar-refractivity contribution in [2.75, 3.05) is 19.7 Å². The summed E-state index contributed by atoms with van der Waals surface area (Å²) in [5.74, 6) is 1.73. The highest BCUT2D eigenvalue weighted by Gasteiger charge is 2.43. The molecular weight excluding hydrogens is 448 g/mol. The van der Waals surface area contributed by atoms with Crippen molar-refractivity contribution in [3.8, 4) is 5.75 Å². The standard InChI is InChI=1S/C31H46N2O3/c1-3-4-5-9-22-36-28-18-14-26(15-19-28)30-31(35)33(27-16-12-24(2)13-17-27)23-29(34)32(30)21-20-25-10-7-6-8-11-25/h10,14-15,18-19,24,27,30H,3-9,11-13,16-17,20-23H2,1-2H3/t24?,27?,30-/m1/s1. The molecular formula is C31H46N2O3. The molecule has 0 unspecified atom stereocenters. The Morgan fingerprint density at radius 3 is 2.44 bits per heavy atom. The number of unbranched alkanes of at least 4 members (excludes halogenated alkanes) is 3. The van der Waals surface area contributed by atoms with E-state index >= 15 is 0 Å². The number of rotatable bonds is 11. The molecule has 3 aliphatic rings. The Kier molecular flexibility index (Phi) is 9.89. The van der Waals surface area contributed by atoms with E-state index in [0.29, 0.717) is 12.5 Å². The smallest absolute Gasteiger partial charge is 0.250 e. The minimum atomic E-state index is -0.534. The number of amides is 2. The van der Waals surface area contributed by atoms with Gasteiger partial charge in [-0.05, 0) is 87.8 Å². The molecule has 1 aromatic rings. The lowest BCUT2D eigenvalue weighted by Gasteiger charge is -2.45. The molecule has 1 saturated heterocycles. The maximum absolute atomic E-state index is 14.0. The molecule has 1 atom stereocenters. The monoisotopic (exact) mass is 494 g/mol. The van der Waals surface area contributed by atoms with Crippen LogP contribution in [0.3, 0.4) is 0 Å². The van der Waals surface area contributed by atoms with Gasteiger partial charge in [-0.1, -0.05) is 56.9 Å². The molecule has 1 saturated carbocycles. The van der Waals surface area contributed by atoms with Crippen LogP contribution in [0.2, 0.25) is 0 Å². The number of piperazine rings is 1. The third-order valence-electron chi connectivity index (χ3n) is 8.40. The van der Waals surface area contributed by atoms with E-state index in [1.165, 1.54) is 37.7 Å². The Balaban J connectivity index is 1.49. The average Bonchev–Trinajstić information content (AvgIpc) is 2.90. The van der Waals surface area contributed by atoms with Crippen LogP contribution in [0.5, 0.6) is 5.75 Å². The molecule has 4 rings (SSSR count). The number of hydrogen-bond donors (Lipinski definition) is 0. The van der Waals surface area contributed by atoms with E-state index in [1.807, 2.05) is 34.1 Å². The van der Waals surface area contributed by atoms with Crippen LogP contribution in [0, 0.1) is 5.92 Å². The maximum Gasteiger partial charge on any atom is 0.250 e. The van der Waals surface area contributed by atoms with Gasteiger partial charge in [0.15, 0.2) is 0 Å². The second kappa shape index (κ2) is 13.3. The van der Waals surface area contributed by atoms with Crippen LogP contribution in [0.1, 0.15) is 109 Å². The van der Waals surface area contributed by atoms with Gasteiger partial charge in [0.1, 0.15) is 18.3 Å². The third kappa shape index (κ3) is 6.92. The first-order valence-electron chi connectivity index (χ1n) is 14.6. The zero-order chi connectivity index (χ0) is 25.3. The molecule has 1 aromatic carbocycles. The van der Waals surface area contributed by atoms with Gasteiger partial charge < -0.3 is 14.5 Å². The number of allylic oxidation sites excluding steroid dienone is 1. The molecule has 0 radical (unpaired) electrons. The summed E-state index contributed by atoms with van der Waals surface area (Å²) < 4.78 is 5.94. The first-order chi connectivity index (χ1) is 17.6. The number of carbonyl (C=O) groups is 2. The quantitative estimate of drug-likeness (QED) is 0.250. The Morgan fingerprint density at radius 1 is 0.972 bits per heavy atom. The van der Waals surface area contributed by atoms with E-state index in [9.17, 15) is 9.59 Å². The lowest BCUT2D eigenvalue weighted by atomic mass is 9.85. The predicted molar refractivity (Wildman–Crippen MR) is 145 cm³/mol. The zero-order valence-electron chi connectivity index (χ0n) is 22.6. The van der Waals surface area contributed by atoms with Crippen molar-refractivity contribution in [1.82, 2.24) is 9.80 Å². The van der Waals surface area contributed by atoms with Gasteiger partial charge in [-0.15, -0.1) is 0 Å². The van der Waals surface area contributed by atoms with Gasteiger partial charge in [0, 0.05) is 12.6 Å². The summed E-state index contributed by atoms with van der Waals surface area (Å²) in [5.41, 5.74) is 2.34. The molecule has 0 N–H and O–H groups in total. The van der Waals surface area contributed by atoms with Crippen molar-refractivity contribution >= 4 is 11.8 Å². The molecule has 36 heavy (non-hydrogen) atoms. The fourth-order valence-corrected chi connectivity index (χ4v) is 6.05. The highest BCUT2D eigenvalue weighted by Crippen LogP contribution is 2.35. The minimum Gasteiger partial charge on any atom is -0.494 e. The summed E-state index contributed by atoms with van der Waals surface area (Å²) in [6, 6.07) is 7.58. The molecule has 1 aliphatic heterocycles. The molecule has 2 amide bonds. The first kappa shape index (κ1) is 26.8. The Morgan fingerprint density at radius 2 is 1.75 bits per heavy atom. The van der Waals surface area contributed by atoms with Gasteiger partial charge in [-0.2, -0.15) is 0 Å². The normalized spacial score (nSPS) is 25.2. The van der Waals surface area contributed by atoms with E-state index in [4.69, 9.17) is 4.74 Å². The lowest BCUT2D eigenvalue weighted by molar-refractivity contribution is -0.159. The topological polar surface area (TPSA) is 49.9 Å². The summed E-state index contributed by atoms with van der Waals surface area (Å²) in [6.45, 7) is 6.06. The van der Waals surface area contributed by atoms with Crippen LogP contribution < -0.4 is 4.74 Å². The predicted octanol–water partition coefficient (Wildman–Crippen LogP) is 6.83. The zero-order valence-corrected chi connectivity index (χ0v) is 22.6. The largest absolute Gasteiger partial charge is 0.494 e. The van der Waals surface area contributed by atoms with Crippen molar-refractivity contribution in [3.05, 3.63) is 41.5 Å². The van der Waals surface area contributed by atoms with Crippen molar-refractivity contribution < 1.29 is 14.3 Å². The number of benzene rings is 1. The Hall–Kier alpha value is -2.30. The van der Waals surface area contributed by atoms with Crippen molar-refractivity contribution in [2.45, 2.75) is 109 Å². The van der Waals surface area contributed by atoms with Crippen LogP contribution >= 0.6 is 0 Å². The summed E-state index contributed by atoms with van der Waals surface area (Å²) in [7, 11) is 0. The second-order valence-electron chi connectivity index (χ2n) is 11.2. The van der Waals surface area contributed by atoms with E-state index in [-0.39, 0.29) is 24.4 Å². The van der Waals surface area contributed by atoms with E-state index in [1.54, 1.807) is 0 Å².